The molecule has 0 unspecified atom stereocenters. The average molecular weight is 620 g/mol. The molecule has 1 N–H and O–H groups in total. The summed E-state index contributed by atoms with van der Waals surface area (Å²) in [5.74, 6) is -1.54. The lowest BCUT2D eigenvalue weighted by Gasteiger charge is -2.50. The number of hydrogen-bond acceptors (Lipinski definition) is 6. The van der Waals surface area contributed by atoms with Crippen LogP contribution in [0.3, 0.4) is 0 Å². The second kappa shape index (κ2) is 13.2. The van der Waals surface area contributed by atoms with Crippen LogP contribution in [0.2, 0.25) is 0 Å². The van der Waals surface area contributed by atoms with Crippen molar-refractivity contribution >= 4 is 21.8 Å². The zero-order valence-corrected chi connectivity index (χ0v) is 25.4. The van der Waals surface area contributed by atoms with E-state index in [1.807, 2.05) is 17.0 Å². The molecule has 2 aromatic carbocycles. The molecule has 2 amide bonds. The Kier molecular flexibility index (Phi) is 9.55. The Hall–Kier alpha value is -3.25. The lowest BCUT2D eigenvalue weighted by molar-refractivity contribution is -0.140. The number of hydrogen-bond donors (Lipinski definition) is 1. The molecule has 0 aromatic heterocycles. The van der Waals surface area contributed by atoms with Crippen LogP contribution in [0.4, 0.5) is 8.78 Å². The van der Waals surface area contributed by atoms with Crippen LogP contribution in [0.5, 0.6) is 11.5 Å². The molecule has 2 fully saturated rings. The molecule has 12 heteroatoms. The second-order valence-electron chi connectivity index (χ2n) is 11.7. The van der Waals surface area contributed by atoms with Gasteiger partial charge in [0.2, 0.25) is 21.8 Å². The molecule has 3 aliphatic rings. The van der Waals surface area contributed by atoms with Gasteiger partial charge in [-0.05, 0) is 79.7 Å². The summed E-state index contributed by atoms with van der Waals surface area (Å²) in [7, 11) is -1.27. The summed E-state index contributed by atoms with van der Waals surface area (Å²) in [6.45, 7) is 0.971. The van der Waals surface area contributed by atoms with E-state index in [0.717, 1.165) is 29.3 Å². The first-order valence-electron chi connectivity index (χ1n) is 14.9. The van der Waals surface area contributed by atoms with Crippen LogP contribution >= 0.6 is 0 Å². The molecular weight excluding hydrogens is 580 g/mol. The Bertz CT molecular complexity index is 1450. The van der Waals surface area contributed by atoms with Crippen LogP contribution in [-0.2, 0) is 32.5 Å². The summed E-state index contributed by atoms with van der Waals surface area (Å²) in [6.07, 6.45) is 4.17. The first kappa shape index (κ1) is 31.2. The monoisotopic (exact) mass is 619 g/mol. The molecule has 3 heterocycles. The van der Waals surface area contributed by atoms with E-state index in [0.29, 0.717) is 63.1 Å². The van der Waals surface area contributed by atoms with Gasteiger partial charge in [-0.2, -0.15) is 4.31 Å². The van der Waals surface area contributed by atoms with Crippen molar-refractivity contribution in [2.75, 3.05) is 40.4 Å². The highest BCUT2D eigenvalue weighted by atomic mass is 32.2. The molecular formula is C31H39F2N3O6S. The zero-order chi connectivity index (χ0) is 30.7. The number of carbonyl (C=O) groups is 2. The quantitative estimate of drug-likeness (QED) is 0.560. The van der Waals surface area contributed by atoms with Crippen LogP contribution in [-0.4, -0.2) is 75.9 Å². The van der Waals surface area contributed by atoms with E-state index < -0.39 is 26.6 Å². The number of amides is 2. The van der Waals surface area contributed by atoms with Gasteiger partial charge >= 0.3 is 0 Å². The van der Waals surface area contributed by atoms with Crippen molar-refractivity contribution < 1.29 is 36.3 Å². The predicted octanol–water partition coefficient (Wildman–Crippen LogP) is 3.69. The normalized spacial score (nSPS) is 24.2. The number of nitrogens with one attached hydrogen (secondary N) is 1. The standard InChI is InChI=1S/C31H39F2N3O6S/c1-41-27-16-20-11-12-29(38)36-18-21-15-23(19-35(17-21)43(39,40)31-24(32)7-3-8-25(31)33)26(36)9-4-10-28(37)34-13-5-6-22(14-20)30(27)42-2/h3,7-8,14,16,21,23,26H,4-6,9-13,15,17-19H2,1-2H3,(H,34,37)/t21-,23+,26-/m0/s1. The number of fused-ring (bicyclic) bond motifs is 6. The molecule has 0 aliphatic carbocycles. The lowest BCUT2D eigenvalue weighted by atomic mass is 9.78. The van der Waals surface area contributed by atoms with Gasteiger partial charge in [-0.3, -0.25) is 9.59 Å². The maximum atomic E-state index is 14.5. The molecule has 3 atom stereocenters. The van der Waals surface area contributed by atoms with Gasteiger partial charge < -0.3 is 19.7 Å². The maximum Gasteiger partial charge on any atom is 0.248 e. The molecule has 3 aliphatic heterocycles. The SMILES string of the molecule is COc1cc2cc(c1OC)CCCNC(=O)CCC[C@H]1[C@@H]3C[C@H](CN1C(=O)CC2)CN(S(=O)(=O)c1c(F)cccc1F)C3. The summed E-state index contributed by atoms with van der Waals surface area (Å²) < 4.78 is 68.3. The number of nitrogens with zero attached hydrogens (tertiary/aromatic N) is 2. The van der Waals surface area contributed by atoms with Gasteiger partial charge in [-0.25, -0.2) is 17.2 Å². The van der Waals surface area contributed by atoms with E-state index in [4.69, 9.17) is 9.47 Å². The smallest absolute Gasteiger partial charge is 0.248 e. The number of methoxy groups -OCH3 is 2. The molecule has 2 saturated heterocycles. The number of carbonyl (C=O) groups excluding carboxylic acids is 2. The molecule has 0 radical (unpaired) electrons. The van der Waals surface area contributed by atoms with Gasteiger partial charge in [-0.1, -0.05) is 12.1 Å². The lowest BCUT2D eigenvalue weighted by Crippen LogP contribution is -2.60. The molecule has 5 rings (SSSR count). The van der Waals surface area contributed by atoms with Crippen molar-refractivity contribution in [3.8, 4) is 11.5 Å². The summed E-state index contributed by atoms with van der Waals surface area (Å²) in [4.78, 5) is 27.3. The molecule has 234 valence electrons. The van der Waals surface area contributed by atoms with E-state index >= 15 is 0 Å². The molecule has 43 heavy (non-hydrogen) atoms. The third kappa shape index (κ3) is 6.64. The molecule has 0 spiro atoms. The van der Waals surface area contributed by atoms with Gasteiger partial charge in [0.25, 0.3) is 0 Å². The van der Waals surface area contributed by atoms with E-state index in [1.165, 1.54) is 4.31 Å². The third-order valence-electron chi connectivity index (χ3n) is 8.86. The van der Waals surface area contributed by atoms with Crippen molar-refractivity contribution in [3.63, 3.8) is 0 Å². The van der Waals surface area contributed by atoms with Crippen molar-refractivity contribution in [2.24, 2.45) is 11.8 Å². The number of aryl methyl sites for hydroxylation is 2. The van der Waals surface area contributed by atoms with E-state index in [-0.39, 0.29) is 55.6 Å². The van der Waals surface area contributed by atoms with Crippen molar-refractivity contribution in [1.29, 1.82) is 0 Å². The zero-order valence-electron chi connectivity index (χ0n) is 24.6. The highest BCUT2D eigenvalue weighted by Crippen LogP contribution is 2.39. The van der Waals surface area contributed by atoms with E-state index in [1.54, 1.807) is 14.2 Å². The minimum atomic E-state index is -4.43. The first-order valence-corrected chi connectivity index (χ1v) is 16.3. The Morgan fingerprint density at radius 3 is 2.42 bits per heavy atom. The van der Waals surface area contributed by atoms with Crippen LogP contribution in [0.15, 0.2) is 35.2 Å². The second-order valence-corrected chi connectivity index (χ2v) is 13.6. The van der Waals surface area contributed by atoms with Gasteiger partial charge in [0.15, 0.2) is 16.4 Å². The largest absolute Gasteiger partial charge is 0.493 e. The van der Waals surface area contributed by atoms with Gasteiger partial charge in [0.1, 0.15) is 11.6 Å². The van der Waals surface area contributed by atoms with E-state index in [2.05, 4.69) is 5.32 Å². The molecule has 0 saturated carbocycles. The number of ether oxygens (including phenoxy) is 2. The summed E-state index contributed by atoms with van der Waals surface area (Å²) >= 11 is 0. The molecule has 9 nitrogen and oxygen atoms in total. The fraction of sp³-hybridized carbons (Fsp3) is 0.548. The molecule has 4 bridgehead atoms. The fourth-order valence-corrected chi connectivity index (χ4v) is 8.59. The number of rotatable bonds is 4. The Morgan fingerprint density at radius 2 is 1.70 bits per heavy atom. The Labute approximate surface area is 251 Å². The van der Waals surface area contributed by atoms with Crippen molar-refractivity contribution in [3.05, 3.63) is 53.1 Å². The average Bonchev–Trinajstić information content (AvgIpc) is 2.97. The van der Waals surface area contributed by atoms with Crippen LogP contribution in [0, 0.1) is 23.5 Å². The number of sulfonamides is 1. The molecule has 2 aromatic rings. The number of benzene rings is 2. The van der Waals surface area contributed by atoms with Gasteiger partial charge in [-0.15, -0.1) is 0 Å². The number of piperidine rings is 2. The van der Waals surface area contributed by atoms with Crippen LogP contribution in [0.25, 0.3) is 0 Å². The van der Waals surface area contributed by atoms with Gasteiger partial charge in [0.05, 0.1) is 14.2 Å². The third-order valence-corrected chi connectivity index (χ3v) is 10.7. The van der Waals surface area contributed by atoms with Crippen LogP contribution < -0.4 is 14.8 Å². The van der Waals surface area contributed by atoms with Crippen LogP contribution in [0.1, 0.15) is 49.7 Å². The Morgan fingerprint density at radius 1 is 0.930 bits per heavy atom. The summed E-state index contributed by atoms with van der Waals surface area (Å²) in [5, 5.41) is 2.97. The fourth-order valence-electron chi connectivity index (χ4n) is 6.91. The summed E-state index contributed by atoms with van der Waals surface area (Å²) in [6, 6.07) is 6.62. The highest BCUT2D eigenvalue weighted by molar-refractivity contribution is 7.89. The highest BCUT2D eigenvalue weighted by Gasteiger charge is 2.46. The topological polar surface area (TPSA) is 105 Å². The maximum absolute atomic E-state index is 14.5. The van der Waals surface area contributed by atoms with Crippen molar-refractivity contribution in [2.45, 2.75) is 62.3 Å². The van der Waals surface area contributed by atoms with Crippen molar-refractivity contribution in [1.82, 2.24) is 14.5 Å². The minimum absolute atomic E-state index is 0.0379. The summed E-state index contributed by atoms with van der Waals surface area (Å²) in [5.41, 5.74) is 1.89. The first-order chi connectivity index (χ1) is 20.6. The minimum Gasteiger partial charge on any atom is -0.493 e. The van der Waals surface area contributed by atoms with Gasteiger partial charge in [0, 0.05) is 45.1 Å². The Balaban J connectivity index is 1.41. The predicted molar refractivity (Wildman–Crippen MR) is 155 cm³/mol. The number of halogens is 2. The van der Waals surface area contributed by atoms with E-state index in [9.17, 15) is 26.8 Å².